The van der Waals surface area contributed by atoms with E-state index in [0.29, 0.717) is 16.7 Å². The van der Waals surface area contributed by atoms with Gasteiger partial charge in [0.25, 0.3) is 0 Å². The number of rotatable bonds is 9. The van der Waals surface area contributed by atoms with Gasteiger partial charge in [0.05, 0.1) is 22.7 Å². The van der Waals surface area contributed by atoms with Crippen LogP contribution in [0.25, 0.3) is 22.0 Å². The van der Waals surface area contributed by atoms with Gasteiger partial charge in [0.15, 0.2) is 11.9 Å². The minimum absolute atomic E-state index is 0.0830. The van der Waals surface area contributed by atoms with Crippen LogP contribution >= 0.6 is 11.3 Å². The predicted octanol–water partition coefficient (Wildman–Crippen LogP) is 8.56. The number of alkyl halides is 6. The van der Waals surface area contributed by atoms with Crippen LogP contribution < -0.4 is 5.76 Å². The molecule has 0 bridgehead atoms. The van der Waals surface area contributed by atoms with Gasteiger partial charge in [-0.15, -0.1) is 11.3 Å². The van der Waals surface area contributed by atoms with Crippen LogP contribution in [-0.2, 0) is 23.4 Å². The van der Waals surface area contributed by atoms with Crippen molar-refractivity contribution in [3.63, 3.8) is 0 Å². The van der Waals surface area contributed by atoms with Crippen LogP contribution in [-0.4, -0.2) is 15.1 Å². The Bertz CT molecular complexity index is 1740. The SMILES string of the molecule is Cc1nc(-c2ccc(C(F)(F)F)cc2)sc1C(OCc1ccc(-c2noc(=O)[nH]2)cc1)C(F)(F)c1ccc(C(C)F)cc1. The number of benzene rings is 3. The van der Waals surface area contributed by atoms with Crippen molar-refractivity contribution in [2.24, 2.45) is 0 Å². The molecule has 0 fully saturated rings. The minimum atomic E-state index is -4.52. The predicted molar refractivity (Wildman–Crippen MR) is 147 cm³/mol. The van der Waals surface area contributed by atoms with E-state index in [0.717, 1.165) is 35.6 Å². The van der Waals surface area contributed by atoms with E-state index in [4.69, 9.17) is 4.74 Å². The van der Waals surface area contributed by atoms with Crippen molar-refractivity contribution in [2.75, 3.05) is 0 Å². The van der Waals surface area contributed by atoms with Gasteiger partial charge >= 0.3 is 17.9 Å². The third-order valence-corrected chi connectivity index (χ3v) is 7.95. The van der Waals surface area contributed by atoms with Crippen LogP contribution in [0.5, 0.6) is 0 Å². The molecule has 2 atom stereocenters. The summed E-state index contributed by atoms with van der Waals surface area (Å²) in [5, 5.41) is 3.86. The molecule has 3 aromatic carbocycles. The number of halogens is 6. The lowest BCUT2D eigenvalue weighted by molar-refractivity contribution is -0.151. The molecule has 2 unspecified atom stereocenters. The first kappa shape index (κ1) is 30.2. The second kappa shape index (κ2) is 11.8. The lowest BCUT2D eigenvalue weighted by atomic mass is 9.99. The normalized spacial score (nSPS) is 13.7. The first-order chi connectivity index (χ1) is 20.3. The number of nitrogens with one attached hydrogen (secondary N) is 1. The fraction of sp³-hybridized carbons (Fsp3) is 0.233. The second-order valence-electron chi connectivity index (χ2n) is 9.74. The molecule has 0 aliphatic heterocycles. The highest BCUT2D eigenvalue weighted by molar-refractivity contribution is 7.15. The Morgan fingerprint density at radius 2 is 1.51 bits per heavy atom. The van der Waals surface area contributed by atoms with Crippen molar-refractivity contribution in [3.8, 4) is 22.0 Å². The van der Waals surface area contributed by atoms with Crippen LogP contribution in [0.4, 0.5) is 26.3 Å². The lowest BCUT2D eigenvalue weighted by Crippen LogP contribution is -2.26. The van der Waals surface area contributed by atoms with E-state index in [-0.39, 0.29) is 33.6 Å². The molecule has 2 heterocycles. The van der Waals surface area contributed by atoms with Gasteiger partial charge in [0, 0.05) is 16.7 Å². The van der Waals surface area contributed by atoms with Gasteiger partial charge in [-0.05, 0) is 37.1 Å². The summed E-state index contributed by atoms with van der Waals surface area (Å²) in [7, 11) is 0. The first-order valence-electron chi connectivity index (χ1n) is 12.9. The molecule has 2 aromatic heterocycles. The summed E-state index contributed by atoms with van der Waals surface area (Å²) >= 11 is 0.891. The summed E-state index contributed by atoms with van der Waals surface area (Å²) in [6.07, 6.45) is -7.71. The number of thiazole rings is 1. The zero-order valence-electron chi connectivity index (χ0n) is 22.6. The van der Waals surface area contributed by atoms with Crippen molar-refractivity contribution in [1.29, 1.82) is 0 Å². The number of ether oxygens (including phenoxy) is 1. The Balaban J connectivity index is 1.47. The standard InChI is InChI=1S/C30H23F6N3O3S/c1-16(31)19-7-11-22(12-8-19)29(32,33)25(41-15-18-3-5-20(6-4-18)26-38-28(40)42-39-26)24-17(2)37-27(43-24)21-9-13-23(14-10-21)30(34,35)36/h3-14,16,25H,15H2,1-2H3,(H,38,39,40). The number of aromatic nitrogens is 3. The number of nitrogens with zero attached hydrogens (tertiary/aromatic N) is 2. The number of hydrogen-bond acceptors (Lipinski definition) is 6. The Morgan fingerprint density at radius 3 is 2.07 bits per heavy atom. The molecule has 0 saturated heterocycles. The number of aryl methyl sites for hydroxylation is 1. The van der Waals surface area contributed by atoms with E-state index in [1.165, 1.54) is 38.1 Å². The lowest BCUT2D eigenvalue weighted by Gasteiger charge is -2.27. The number of H-pyrrole nitrogens is 1. The second-order valence-corrected chi connectivity index (χ2v) is 10.8. The van der Waals surface area contributed by atoms with Gasteiger partial charge in [0.1, 0.15) is 11.2 Å². The fourth-order valence-corrected chi connectivity index (χ4v) is 5.50. The summed E-state index contributed by atoms with van der Waals surface area (Å²) in [5.41, 5.74) is 0.603. The molecule has 0 aliphatic rings. The highest BCUT2D eigenvalue weighted by Gasteiger charge is 2.45. The largest absolute Gasteiger partial charge is 0.439 e. The molecule has 0 amide bonds. The van der Waals surface area contributed by atoms with Crippen LogP contribution in [0.15, 0.2) is 82.1 Å². The molecule has 1 N–H and O–H groups in total. The zero-order valence-corrected chi connectivity index (χ0v) is 23.4. The molecule has 43 heavy (non-hydrogen) atoms. The molecule has 13 heteroatoms. The maximum atomic E-state index is 16.2. The summed E-state index contributed by atoms with van der Waals surface area (Å²) in [4.78, 5) is 18.1. The van der Waals surface area contributed by atoms with Gasteiger partial charge in [-0.2, -0.15) is 22.0 Å². The van der Waals surface area contributed by atoms with Crippen LogP contribution in [0.2, 0.25) is 0 Å². The van der Waals surface area contributed by atoms with Crippen LogP contribution in [0.1, 0.15) is 52.0 Å². The van der Waals surface area contributed by atoms with Gasteiger partial charge in [-0.25, -0.2) is 14.2 Å². The maximum absolute atomic E-state index is 16.2. The van der Waals surface area contributed by atoms with Crippen molar-refractivity contribution < 1.29 is 35.6 Å². The molecular formula is C30H23F6N3O3S. The first-order valence-corrected chi connectivity index (χ1v) is 13.7. The zero-order chi connectivity index (χ0) is 30.9. The summed E-state index contributed by atoms with van der Waals surface area (Å²) in [6.45, 7) is 2.57. The van der Waals surface area contributed by atoms with Crippen molar-refractivity contribution in [3.05, 3.63) is 116 Å². The van der Waals surface area contributed by atoms with E-state index in [1.807, 2.05) is 0 Å². The molecular weight excluding hydrogens is 596 g/mol. The molecule has 0 saturated carbocycles. The van der Waals surface area contributed by atoms with E-state index < -0.39 is 41.3 Å². The Hall–Kier alpha value is -4.23. The average molecular weight is 620 g/mol. The monoisotopic (exact) mass is 619 g/mol. The fourth-order valence-electron chi connectivity index (χ4n) is 4.34. The van der Waals surface area contributed by atoms with E-state index >= 15 is 8.78 Å². The van der Waals surface area contributed by atoms with Crippen LogP contribution in [0.3, 0.4) is 0 Å². The number of hydrogen-bond donors (Lipinski definition) is 1. The van der Waals surface area contributed by atoms with Gasteiger partial charge in [-0.1, -0.05) is 65.8 Å². The van der Waals surface area contributed by atoms with Gasteiger partial charge in [0.2, 0.25) is 0 Å². The maximum Gasteiger partial charge on any atom is 0.439 e. The molecule has 0 aliphatic carbocycles. The summed E-state index contributed by atoms with van der Waals surface area (Å²) in [6, 6.07) is 15.6. The van der Waals surface area contributed by atoms with Crippen molar-refractivity contribution in [2.45, 2.75) is 44.8 Å². The Morgan fingerprint density at radius 1 is 0.907 bits per heavy atom. The Kier molecular flexibility index (Phi) is 8.30. The highest BCUT2D eigenvalue weighted by Crippen LogP contribution is 2.47. The van der Waals surface area contributed by atoms with E-state index in [2.05, 4.69) is 19.6 Å². The smallest absolute Gasteiger partial charge is 0.361 e. The molecule has 6 nitrogen and oxygen atoms in total. The topological polar surface area (TPSA) is 81.0 Å². The average Bonchev–Trinajstić information content (AvgIpc) is 3.58. The molecule has 0 spiro atoms. The molecule has 5 aromatic rings. The van der Waals surface area contributed by atoms with Crippen LogP contribution in [0, 0.1) is 6.92 Å². The molecule has 0 radical (unpaired) electrons. The number of aromatic amines is 1. The third kappa shape index (κ3) is 6.57. The van der Waals surface area contributed by atoms with Crippen molar-refractivity contribution >= 4 is 11.3 Å². The Labute approximate surface area is 245 Å². The summed E-state index contributed by atoms with van der Waals surface area (Å²) in [5.74, 6) is -4.13. The van der Waals surface area contributed by atoms with Gasteiger partial charge < -0.3 is 4.74 Å². The molecule has 5 rings (SSSR count). The minimum Gasteiger partial charge on any atom is -0.361 e. The molecule has 224 valence electrons. The van der Waals surface area contributed by atoms with E-state index in [9.17, 15) is 22.4 Å². The third-order valence-electron chi connectivity index (χ3n) is 6.70. The van der Waals surface area contributed by atoms with Gasteiger partial charge in [-0.3, -0.25) is 9.51 Å². The van der Waals surface area contributed by atoms with E-state index in [1.54, 1.807) is 24.3 Å². The quantitative estimate of drug-likeness (QED) is 0.167. The highest BCUT2D eigenvalue weighted by atomic mass is 32.1. The summed E-state index contributed by atoms with van der Waals surface area (Å²) < 4.78 is 95.6. The van der Waals surface area contributed by atoms with Crippen molar-refractivity contribution in [1.82, 2.24) is 15.1 Å².